The molecule has 2 aromatic rings. The summed E-state index contributed by atoms with van der Waals surface area (Å²) in [7, 11) is 1.59. The fourth-order valence-corrected chi connectivity index (χ4v) is 1.86. The van der Waals surface area contributed by atoms with Crippen molar-refractivity contribution in [1.82, 2.24) is 19.9 Å². The van der Waals surface area contributed by atoms with Crippen molar-refractivity contribution in [3.8, 4) is 0 Å². The maximum atomic E-state index is 12.1. The van der Waals surface area contributed by atoms with Crippen LogP contribution in [0.4, 0.5) is 0 Å². The number of fused-ring (bicyclic) bond motifs is 1. The lowest BCUT2D eigenvalue weighted by Gasteiger charge is -2.08. The van der Waals surface area contributed by atoms with Gasteiger partial charge in [-0.2, -0.15) is 0 Å². The number of aromatic nitrogens is 3. The highest BCUT2D eigenvalue weighted by Crippen LogP contribution is 2.05. The summed E-state index contributed by atoms with van der Waals surface area (Å²) in [6.45, 7) is 4.68. The predicted molar refractivity (Wildman–Crippen MR) is 76.6 cm³/mol. The number of hydrogen-bond acceptors (Lipinski definition) is 4. The van der Waals surface area contributed by atoms with Crippen LogP contribution >= 0.6 is 0 Å². The zero-order valence-electron chi connectivity index (χ0n) is 11.9. The van der Waals surface area contributed by atoms with Crippen molar-refractivity contribution in [2.75, 3.05) is 6.54 Å². The standard InChI is InChI=1S/C14H18N4O2/c1-9(2)6-8-16-13(19)11-14(20)18(3)12-10(17-11)5-4-7-15-12/h4-5,7,9H,6,8H2,1-3H3,(H,16,19). The molecule has 2 aromatic heterocycles. The lowest BCUT2D eigenvalue weighted by Crippen LogP contribution is -2.34. The Morgan fingerprint density at radius 1 is 1.45 bits per heavy atom. The highest BCUT2D eigenvalue weighted by Gasteiger charge is 2.16. The van der Waals surface area contributed by atoms with Crippen LogP contribution in [-0.2, 0) is 7.05 Å². The zero-order valence-corrected chi connectivity index (χ0v) is 11.9. The Bertz CT molecular complexity index is 691. The number of aryl methyl sites for hydroxylation is 1. The molecule has 0 aromatic carbocycles. The summed E-state index contributed by atoms with van der Waals surface area (Å²) in [6, 6.07) is 3.45. The highest BCUT2D eigenvalue weighted by atomic mass is 16.2. The Morgan fingerprint density at radius 3 is 2.90 bits per heavy atom. The van der Waals surface area contributed by atoms with Crippen molar-refractivity contribution in [1.29, 1.82) is 0 Å². The zero-order chi connectivity index (χ0) is 14.7. The van der Waals surface area contributed by atoms with E-state index in [1.807, 2.05) is 0 Å². The molecular weight excluding hydrogens is 256 g/mol. The van der Waals surface area contributed by atoms with Crippen LogP contribution in [0.5, 0.6) is 0 Å². The maximum Gasteiger partial charge on any atom is 0.283 e. The number of hydrogen-bond donors (Lipinski definition) is 1. The molecule has 20 heavy (non-hydrogen) atoms. The van der Waals surface area contributed by atoms with Crippen molar-refractivity contribution >= 4 is 17.1 Å². The van der Waals surface area contributed by atoms with Crippen LogP contribution < -0.4 is 10.9 Å². The largest absolute Gasteiger partial charge is 0.351 e. The Hall–Kier alpha value is -2.24. The van der Waals surface area contributed by atoms with Gasteiger partial charge in [-0.05, 0) is 24.5 Å². The average molecular weight is 274 g/mol. The van der Waals surface area contributed by atoms with E-state index in [9.17, 15) is 9.59 Å². The Balaban J connectivity index is 2.32. The lowest BCUT2D eigenvalue weighted by atomic mass is 10.1. The molecule has 6 nitrogen and oxygen atoms in total. The van der Waals surface area contributed by atoms with Gasteiger partial charge in [0.25, 0.3) is 11.5 Å². The van der Waals surface area contributed by atoms with Crippen LogP contribution in [0.1, 0.15) is 30.8 Å². The van der Waals surface area contributed by atoms with Crippen LogP contribution in [-0.4, -0.2) is 27.0 Å². The minimum absolute atomic E-state index is 0.0863. The SMILES string of the molecule is CC(C)CCNC(=O)c1nc2cccnc2n(C)c1=O. The predicted octanol–water partition coefficient (Wildman–Crippen LogP) is 1.10. The third-order valence-corrected chi connectivity index (χ3v) is 3.05. The molecule has 0 saturated heterocycles. The van der Waals surface area contributed by atoms with Crippen molar-refractivity contribution in [2.45, 2.75) is 20.3 Å². The number of nitrogens with zero attached hydrogens (tertiary/aromatic N) is 3. The van der Waals surface area contributed by atoms with Crippen molar-refractivity contribution in [3.05, 3.63) is 34.4 Å². The van der Waals surface area contributed by atoms with Crippen LogP contribution in [0.15, 0.2) is 23.1 Å². The molecule has 0 aliphatic rings. The van der Waals surface area contributed by atoms with E-state index in [1.54, 1.807) is 25.4 Å². The van der Waals surface area contributed by atoms with Gasteiger partial charge in [-0.1, -0.05) is 13.8 Å². The first-order valence-electron chi connectivity index (χ1n) is 6.60. The molecule has 1 N–H and O–H groups in total. The van der Waals surface area contributed by atoms with E-state index in [-0.39, 0.29) is 5.69 Å². The molecule has 0 unspecified atom stereocenters. The fourth-order valence-electron chi connectivity index (χ4n) is 1.86. The van der Waals surface area contributed by atoms with Crippen molar-refractivity contribution in [3.63, 3.8) is 0 Å². The summed E-state index contributed by atoms with van der Waals surface area (Å²) in [5.41, 5.74) is 0.481. The first kappa shape index (κ1) is 14.2. The number of pyridine rings is 1. The number of amides is 1. The Morgan fingerprint density at radius 2 is 2.20 bits per heavy atom. The van der Waals surface area contributed by atoms with E-state index in [0.29, 0.717) is 23.6 Å². The van der Waals surface area contributed by atoms with Crippen LogP contribution in [0.25, 0.3) is 11.2 Å². The minimum Gasteiger partial charge on any atom is -0.351 e. The average Bonchev–Trinajstić information content (AvgIpc) is 2.42. The third-order valence-electron chi connectivity index (χ3n) is 3.05. The van der Waals surface area contributed by atoms with E-state index < -0.39 is 11.5 Å². The Labute approximate surface area is 116 Å². The number of carbonyl (C=O) groups excluding carboxylic acids is 1. The number of nitrogens with one attached hydrogen (secondary N) is 1. The van der Waals surface area contributed by atoms with Crippen LogP contribution in [0, 0.1) is 5.92 Å². The number of rotatable bonds is 4. The first-order valence-corrected chi connectivity index (χ1v) is 6.60. The molecule has 0 spiro atoms. The summed E-state index contributed by atoms with van der Waals surface area (Å²) in [4.78, 5) is 32.4. The van der Waals surface area contributed by atoms with Gasteiger partial charge in [0.1, 0.15) is 5.52 Å². The van der Waals surface area contributed by atoms with E-state index in [2.05, 4.69) is 29.1 Å². The lowest BCUT2D eigenvalue weighted by molar-refractivity contribution is 0.0945. The Kier molecular flexibility index (Phi) is 4.12. The third kappa shape index (κ3) is 2.84. The van der Waals surface area contributed by atoms with Gasteiger partial charge in [-0.15, -0.1) is 0 Å². The minimum atomic E-state index is -0.433. The summed E-state index contributed by atoms with van der Waals surface area (Å²) < 4.78 is 1.35. The quantitative estimate of drug-likeness (QED) is 0.906. The molecule has 0 radical (unpaired) electrons. The van der Waals surface area contributed by atoms with Crippen molar-refractivity contribution in [2.24, 2.45) is 13.0 Å². The van der Waals surface area contributed by atoms with Gasteiger partial charge in [-0.3, -0.25) is 14.2 Å². The van der Waals surface area contributed by atoms with Gasteiger partial charge in [0.15, 0.2) is 11.3 Å². The van der Waals surface area contributed by atoms with Crippen LogP contribution in [0.3, 0.4) is 0 Å². The van der Waals surface area contributed by atoms with E-state index in [0.717, 1.165) is 6.42 Å². The second kappa shape index (κ2) is 5.81. The van der Waals surface area contributed by atoms with Gasteiger partial charge in [0, 0.05) is 19.8 Å². The van der Waals surface area contributed by atoms with E-state index in [4.69, 9.17) is 0 Å². The smallest absolute Gasteiger partial charge is 0.283 e. The molecule has 0 fully saturated rings. The molecule has 1 amide bonds. The van der Waals surface area contributed by atoms with Gasteiger partial charge in [0.2, 0.25) is 0 Å². The van der Waals surface area contributed by atoms with Gasteiger partial charge < -0.3 is 5.32 Å². The summed E-state index contributed by atoms with van der Waals surface area (Å²) in [5.74, 6) is 0.0592. The maximum absolute atomic E-state index is 12.1. The summed E-state index contributed by atoms with van der Waals surface area (Å²) in [5, 5.41) is 2.73. The summed E-state index contributed by atoms with van der Waals surface area (Å²) >= 11 is 0. The van der Waals surface area contributed by atoms with Crippen LogP contribution in [0.2, 0.25) is 0 Å². The molecule has 0 aliphatic carbocycles. The first-order chi connectivity index (χ1) is 9.50. The topological polar surface area (TPSA) is 76.9 Å². The molecular formula is C14H18N4O2. The second-order valence-electron chi connectivity index (χ2n) is 5.11. The number of carbonyl (C=O) groups is 1. The normalized spacial score (nSPS) is 11.0. The molecule has 106 valence electrons. The molecule has 0 atom stereocenters. The molecule has 2 heterocycles. The molecule has 0 bridgehead atoms. The van der Waals surface area contributed by atoms with E-state index in [1.165, 1.54) is 4.57 Å². The van der Waals surface area contributed by atoms with E-state index >= 15 is 0 Å². The van der Waals surface area contributed by atoms with Crippen molar-refractivity contribution < 1.29 is 4.79 Å². The van der Waals surface area contributed by atoms with Gasteiger partial charge >= 0.3 is 0 Å². The second-order valence-corrected chi connectivity index (χ2v) is 5.11. The van der Waals surface area contributed by atoms with Gasteiger partial charge in [0.05, 0.1) is 0 Å². The van der Waals surface area contributed by atoms with Gasteiger partial charge in [-0.25, -0.2) is 9.97 Å². The molecule has 6 heteroatoms. The highest BCUT2D eigenvalue weighted by molar-refractivity contribution is 5.93. The summed E-state index contributed by atoms with van der Waals surface area (Å²) in [6.07, 6.45) is 2.45. The molecule has 0 aliphatic heterocycles. The fraction of sp³-hybridized carbons (Fsp3) is 0.429. The molecule has 2 rings (SSSR count). The monoisotopic (exact) mass is 274 g/mol. The molecule has 0 saturated carbocycles.